The van der Waals surface area contributed by atoms with Gasteiger partial charge in [0.15, 0.2) is 0 Å². The summed E-state index contributed by atoms with van der Waals surface area (Å²) in [5.74, 6) is 1.03. The van der Waals surface area contributed by atoms with E-state index in [1.165, 1.54) is 32.1 Å². The van der Waals surface area contributed by atoms with Gasteiger partial charge in [0.2, 0.25) is 0 Å². The topological polar surface area (TPSA) is 36.6 Å². The van der Waals surface area contributed by atoms with Gasteiger partial charge in [0.25, 0.3) is 0 Å². The van der Waals surface area contributed by atoms with Crippen molar-refractivity contribution in [2.24, 2.45) is 0 Å². The first-order valence-electron chi connectivity index (χ1n) is 7.31. The zero-order chi connectivity index (χ0) is 12.4. The van der Waals surface area contributed by atoms with Crippen molar-refractivity contribution in [3.63, 3.8) is 0 Å². The van der Waals surface area contributed by atoms with Crippen LogP contribution in [-0.2, 0) is 6.54 Å². The van der Waals surface area contributed by atoms with Crippen molar-refractivity contribution in [1.82, 2.24) is 4.90 Å². The monoisotopic (exact) mass is 249 g/mol. The third-order valence-electron chi connectivity index (χ3n) is 4.30. The largest absolute Gasteiger partial charge is 0.468 e. The van der Waals surface area contributed by atoms with Gasteiger partial charge in [-0.2, -0.15) is 0 Å². The van der Waals surface area contributed by atoms with E-state index >= 15 is 0 Å². The van der Waals surface area contributed by atoms with Crippen molar-refractivity contribution in [2.45, 2.75) is 69.7 Å². The normalized spacial score (nSPS) is 29.4. The van der Waals surface area contributed by atoms with Crippen LogP contribution in [-0.4, -0.2) is 28.2 Å². The van der Waals surface area contributed by atoms with Gasteiger partial charge in [-0.15, -0.1) is 0 Å². The maximum Gasteiger partial charge on any atom is 0.117 e. The minimum Gasteiger partial charge on any atom is -0.468 e. The van der Waals surface area contributed by atoms with E-state index < -0.39 is 0 Å². The van der Waals surface area contributed by atoms with Crippen LogP contribution in [0.5, 0.6) is 0 Å². The lowest BCUT2D eigenvalue weighted by Crippen LogP contribution is -2.43. The van der Waals surface area contributed by atoms with Crippen LogP contribution in [0, 0.1) is 0 Å². The highest BCUT2D eigenvalue weighted by Gasteiger charge is 2.37. The molecule has 100 valence electrons. The maximum absolute atomic E-state index is 10.4. The molecule has 0 amide bonds. The second kappa shape index (κ2) is 5.45. The molecule has 3 nitrogen and oxygen atoms in total. The molecule has 1 aromatic rings. The SMILES string of the molecule is OC1CCCCCC1N(Cc1ccco1)C1CC1. The van der Waals surface area contributed by atoms with Gasteiger partial charge in [-0.25, -0.2) is 0 Å². The molecule has 2 aliphatic rings. The third kappa shape index (κ3) is 2.78. The zero-order valence-corrected chi connectivity index (χ0v) is 10.9. The average molecular weight is 249 g/mol. The van der Waals surface area contributed by atoms with Gasteiger partial charge in [0, 0.05) is 12.1 Å². The minimum atomic E-state index is -0.150. The first-order chi connectivity index (χ1) is 8.84. The Hall–Kier alpha value is -0.800. The summed E-state index contributed by atoms with van der Waals surface area (Å²) in [6.45, 7) is 0.861. The zero-order valence-electron chi connectivity index (χ0n) is 10.9. The quantitative estimate of drug-likeness (QED) is 0.834. The molecule has 18 heavy (non-hydrogen) atoms. The van der Waals surface area contributed by atoms with Crippen LogP contribution in [0.2, 0.25) is 0 Å². The molecule has 0 spiro atoms. The van der Waals surface area contributed by atoms with E-state index in [2.05, 4.69) is 4.90 Å². The van der Waals surface area contributed by atoms with Crippen LogP contribution < -0.4 is 0 Å². The van der Waals surface area contributed by atoms with E-state index in [0.717, 1.165) is 25.1 Å². The smallest absolute Gasteiger partial charge is 0.117 e. The third-order valence-corrected chi connectivity index (χ3v) is 4.30. The lowest BCUT2D eigenvalue weighted by molar-refractivity contribution is 0.0311. The Labute approximate surface area is 109 Å². The molecule has 2 unspecified atom stereocenters. The summed E-state index contributed by atoms with van der Waals surface area (Å²) in [7, 11) is 0. The number of rotatable bonds is 4. The minimum absolute atomic E-state index is 0.150. The van der Waals surface area contributed by atoms with Gasteiger partial charge in [0.05, 0.1) is 18.9 Å². The first kappa shape index (κ1) is 12.2. The van der Waals surface area contributed by atoms with Crippen molar-refractivity contribution in [2.75, 3.05) is 0 Å². The highest BCUT2D eigenvalue weighted by molar-refractivity contribution is 5.01. The molecule has 0 radical (unpaired) electrons. The highest BCUT2D eigenvalue weighted by Crippen LogP contribution is 2.34. The second-order valence-electron chi connectivity index (χ2n) is 5.76. The number of nitrogens with zero attached hydrogens (tertiary/aromatic N) is 1. The summed E-state index contributed by atoms with van der Waals surface area (Å²) in [6, 6.07) is 5.00. The van der Waals surface area contributed by atoms with Crippen LogP contribution in [0.1, 0.15) is 50.7 Å². The molecule has 2 saturated carbocycles. The molecule has 0 aromatic carbocycles. The van der Waals surface area contributed by atoms with Crippen molar-refractivity contribution in [1.29, 1.82) is 0 Å². The fraction of sp³-hybridized carbons (Fsp3) is 0.733. The van der Waals surface area contributed by atoms with E-state index in [0.29, 0.717) is 12.1 Å². The lowest BCUT2D eigenvalue weighted by atomic mass is 10.0. The van der Waals surface area contributed by atoms with Crippen LogP contribution >= 0.6 is 0 Å². The van der Waals surface area contributed by atoms with Gasteiger partial charge < -0.3 is 9.52 Å². The average Bonchev–Trinajstić information content (AvgIpc) is 3.12. The van der Waals surface area contributed by atoms with E-state index in [-0.39, 0.29) is 6.10 Å². The number of hydrogen-bond acceptors (Lipinski definition) is 3. The Morgan fingerprint density at radius 1 is 1.17 bits per heavy atom. The molecule has 2 atom stereocenters. The standard InChI is InChI=1S/C15H23NO2/c17-15-7-3-1-2-6-14(15)16(12-8-9-12)11-13-5-4-10-18-13/h4-5,10,12,14-15,17H,1-3,6-9,11H2. The van der Waals surface area contributed by atoms with Gasteiger partial charge >= 0.3 is 0 Å². The fourth-order valence-electron chi connectivity index (χ4n) is 3.16. The summed E-state index contributed by atoms with van der Waals surface area (Å²) in [4.78, 5) is 2.49. The number of aliphatic hydroxyl groups is 1. The van der Waals surface area contributed by atoms with Crippen LogP contribution in [0.15, 0.2) is 22.8 Å². The van der Waals surface area contributed by atoms with Gasteiger partial charge in [0.1, 0.15) is 5.76 Å². The number of hydrogen-bond donors (Lipinski definition) is 1. The van der Waals surface area contributed by atoms with Crippen LogP contribution in [0.4, 0.5) is 0 Å². The maximum atomic E-state index is 10.4. The lowest BCUT2D eigenvalue weighted by Gasteiger charge is -2.33. The molecule has 3 heteroatoms. The van der Waals surface area contributed by atoms with E-state index in [4.69, 9.17) is 4.42 Å². The van der Waals surface area contributed by atoms with Crippen LogP contribution in [0.3, 0.4) is 0 Å². The molecule has 0 aliphatic heterocycles. The predicted octanol–water partition coefficient (Wildman–Crippen LogP) is 2.94. The van der Waals surface area contributed by atoms with E-state index in [9.17, 15) is 5.11 Å². The summed E-state index contributed by atoms with van der Waals surface area (Å²) in [5.41, 5.74) is 0. The predicted molar refractivity (Wildman–Crippen MR) is 70.2 cm³/mol. The first-order valence-corrected chi connectivity index (χ1v) is 7.31. The van der Waals surface area contributed by atoms with Crippen molar-refractivity contribution in [3.05, 3.63) is 24.2 Å². The Morgan fingerprint density at radius 3 is 2.72 bits per heavy atom. The van der Waals surface area contributed by atoms with Crippen LogP contribution in [0.25, 0.3) is 0 Å². The van der Waals surface area contributed by atoms with Crippen molar-refractivity contribution in [3.8, 4) is 0 Å². The Bertz CT molecular complexity index is 359. The number of furan rings is 1. The molecule has 1 N–H and O–H groups in total. The molecule has 3 rings (SSSR count). The highest BCUT2D eigenvalue weighted by atomic mass is 16.3. The van der Waals surface area contributed by atoms with Crippen molar-refractivity contribution < 1.29 is 9.52 Å². The summed E-state index contributed by atoms with van der Waals surface area (Å²) < 4.78 is 5.48. The second-order valence-corrected chi connectivity index (χ2v) is 5.76. The summed E-state index contributed by atoms with van der Waals surface area (Å²) in [6.07, 6.45) is 9.96. The molecular weight excluding hydrogens is 226 g/mol. The molecule has 1 aromatic heterocycles. The summed E-state index contributed by atoms with van der Waals surface area (Å²) in [5, 5.41) is 10.4. The molecule has 0 bridgehead atoms. The molecular formula is C15H23NO2. The Kier molecular flexibility index (Phi) is 3.71. The fourth-order valence-corrected chi connectivity index (χ4v) is 3.16. The van der Waals surface area contributed by atoms with E-state index in [1.54, 1.807) is 6.26 Å². The number of aliphatic hydroxyl groups excluding tert-OH is 1. The van der Waals surface area contributed by atoms with E-state index in [1.807, 2.05) is 12.1 Å². The summed E-state index contributed by atoms with van der Waals surface area (Å²) >= 11 is 0. The molecule has 2 fully saturated rings. The molecule has 1 heterocycles. The van der Waals surface area contributed by atoms with Crippen molar-refractivity contribution >= 4 is 0 Å². The van der Waals surface area contributed by atoms with Gasteiger partial charge in [-0.1, -0.05) is 19.3 Å². The van der Waals surface area contributed by atoms with Gasteiger partial charge in [-0.3, -0.25) is 4.90 Å². The molecule has 2 aliphatic carbocycles. The van der Waals surface area contributed by atoms with Gasteiger partial charge in [-0.05, 0) is 37.8 Å². The molecule has 0 saturated heterocycles. The Morgan fingerprint density at radius 2 is 2.00 bits per heavy atom. The Balaban J connectivity index is 1.71.